The van der Waals surface area contributed by atoms with Crippen LogP contribution < -0.4 is 0 Å². The fourth-order valence-corrected chi connectivity index (χ4v) is 8.01. The minimum absolute atomic E-state index is 0.0827. The molecule has 364 valence electrons. The third-order valence-electron chi connectivity index (χ3n) is 12.1. The highest BCUT2D eigenvalue weighted by atomic mass is 16.6. The van der Waals surface area contributed by atoms with E-state index in [4.69, 9.17) is 14.2 Å². The van der Waals surface area contributed by atoms with E-state index in [0.717, 1.165) is 57.8 Å². The number of carbonyl (C=O) groups excluding carboxylic acids is 2. The number of ether oxygens (including phenoxy) is 3. The molecule has 0 aliphatic carbocycles. The van der Waals surface area contributed by atoms with Gasteiger partial charge in [-0.3, -0.25) is 9.59 Å². The Labute approximate surface area is 387 Å². The fourth-order valence-electron chi connectivity index (χ4n) is 8.01. The normalized spacial score (nSPS) is 12.4. The van der Waals surface area contributed by atoms with E-state index in [2.05, 4.69) is 57.2 Å². The Morgan fingerprint density at radius 2 is 0.710 bits per heavy atom. The maximum Gasteiger partial charge on any atom is 0.306 e. The molecule has 0 aromatic carbocycles. The Balaban J connectivity index is 4.24. The van der Waals surface area contributed by atoms with Gasteiger partial charge in [0.2, 0.25) is 0 Å². The standard InChI is InChI=1S/C57H106O5/c1-4-7-10-13-16-19-22-25-28-29-31-32-35-38-41-44-47-50-56(58)61-54-55(53-60-52-49-46-43-40-37-34-27-24-21-18-15-12-9-6-3)62-57(59)51-48-45-42-39-36-33-30-26-23-20-17-14-11-8-5-2/h12,15,21,24,26,30,55H,4-11,13-14,16-20,22-23,25,27-29,31-54H2,1-3H3/b15-12-,24-21-,30-26-. The molecule has 0 bridgehead atoms. The monoisotopic (exact) mass is 871 g/mol. The first-order valence-electron chi connectivity index (χ1n) is 27.5. The van der Waals surface area contributed by atoms with Gasteiger partial charge >= 0.3 is 11.9 Å². The fraction of sp³-hybridized carbons (Fsp3) is 0.860. The highest BCUT2D eigenvalue weighted by Crippen LogP contribution is 2.16. The number of unbranched alkanes of at least 4 members (excludes halogenated alkanes) is 34. The summed E-state index contributed by atoms with van der Waals surface area (Å²) < 4.78 is 17.4. The number of hydrogen-bond donors (Lipinski definition) is 0. The van der Waals surface area contributed by atoms with Crippen molar-refractivity contribution in [3.63, 3.8) is 0 Å². The van der Waals surface area contributed by atoms with Crippen molar-refractivity contribution in [2.45, 2.75) is 297 Å². The third-order valence-corrected chi connectivity index (χ3v) is 12.1. The molecule has 0 aromatic heterocycles. The average Bonchev–Trinajstić information content (AvgIpc) is 3.27. The van der Waals surface area contributed by atoms with E-state index in [0.29, 0.717) is 19.4 Å². The molecule has 0 aliphatic heterocycles. The third kappa shape index (κ3) is 50.8. The van der Waals surface area contributed by atoms with Crippen molar-refractivity contribution in [2.75, 3.05) is 19.8 Å². The molecular weight excluding hydrogens is 765 g/mol. The van der Waals surface area contributed by atoms with Crippen molar-refractivity contribution in [3.05, 3.63) is 36.5 Å². The summed E-state index contributed by atoms with van der Waals surface area (Å²) >= 11 is 0. The molecule has 0 N–H and O–H groups in total. The van der Waals surface area contributed by atoms with E-state index in [1.807, 2.05) is 0 Å². The van der Waals surface area contributed by atoms with Crippen molar-refractivity contribution >= 4 is 11.9 Å². The summed E-state index contributed by atoms with van der Waals surface area (Å²) in [6.45, 7) is 7.78. The minimum Gasteiger partial charge on any atom is -0.462 e. The molecule has 62 heavy (non-hydrogen) atoms. The van der Waals surface area contributed by atoms with Crippen LogP contribution in [0.3, 0.4) is 0 Å². The van der Waals surface area contributed by atoms with Gasteiger partial charge in [0.1, 0.15) is 6.61 Å². The van der Waals surface area contributed by atoms with E-state index in [1.54, 1.807) is 0 Å². The smallest absolute Gasteiger partial charge is 0.306 e. The van der Waals surface area contributed by atoms with Gasteiger partial charge in [0.25, 0.3) is 0 Å². The van der Waals surface area contributed by atoms with E-state index >= 15 is 0 Å². The number of carbonyl (C=O) groups is 2. The first-order valence-corrected chi connectivity index (χ1v) is 27.5. The summed E-state index contributed by atoms with van der Waals surface area (Å²) in [4.78, 5) is 25.4. The first kappa shape index (κ1) is 60.1. The molecular formula is C57H106O5. The maximum atomic E-state index is 12.8. The van der Waals surface area contributed by atoms with Crippen LogP contribution in [0.2, 0.25) is 0 Å². The van der Waals surface area contributed by atoms with Crippen LogP contribution in [-0.4, -0.2) is 37.9 Å². The Hall–Kier alpha value is -1.88. The van der Waals surface area contributed by atoms with Crippen LogP contribution in [0.25, 0.3) is 0 Å². The zero-order valence-electron chi connectivity index (χ0n) is 41.9. The van der Waals surface area contributed by atoms with Crippen LogP contribution in [0.1, 0.15) is 290 Å². The second kappa shape index (κ2) is 53.5. The lowest BCUT2D eigenvalue weighted by Gasteiger charge is -2.18. The molecule has 5 heteroatoms. The lowest BCUT2D eigenvalue weighted by atomic mass is 10.0. The second-order valence-corrected chi connectivity index (χ2v) is 18.5. The van der Waals surface area contributed by atoms with Crippen LogP contribution in [-0.2, 0) is 23.8 Å². The average molecular weight is 871 g/mol. The highest BCUT2D eigenvalue weighted by Gasteiger charge is 2.17. The Kier molecular flexibility index (Phi) is 51.8. The summed E-state index contributed by atoms with van der Waals surface area (Å²) in [5.74, 6) is -0.396. The van der Waals surface area contributed by atoms with Gasteiger partial charge in [-0.05, 0) is 70.6 Å². The molecule has 0 fully saturated rings. The molecule has 0 radical (unpaired) electrons. The molecule has 0 spiro atoms. The molecule has 0 aromatic rings. The molecule has 0 saturated carbocycles. The summed E-state index contributed by atoms with van der Waals surface area (Å²) in [7, 11) is 0. The van der Waals surface area contributed by atoms with Crippen LogP contribution >= 0.6 is 0 Å². The zero-order valence-corrected chi connectivity index (χ0v) is 41.9. The summed E-state index contributed by atoms with van der Waals surface area (Å²) in [6.07, 6.45) is 64.4. The second-order valence-electron chi connectivity index (χ2n) is 18.5. The first-order chi connectivity index (χ1) is 30.6. The van der Waals surface area contributed by atoms with E-state index < -0.39 is 6.10 Å². The van der Waals surface area contributed by atoms with Gasteiger partial charge in [0.15, 0.2) is 6.10 Å². The maximum absolute atomic E-state index is 12.8. The largest absolute Gasteiger partial charge is 0.462 e. The number of hydrogen-bond acceptors (Lipinski definition) is 5. The van der Waals surface area contributed by atoms with Crippen LogP contribution in [0.15, 0.2) is 36.5 Å². The van der Waals surface area contributed by atoms with Crippen molar-refractivity contribution in [1.29, 1.82) is 0 Å². The van der Waals surface area contributed by atoms with Crippen molar-refractivity contribution < 1.29 is 23.8 Å². The van der Waals surface area contributed by atoms with Gasteiger partial charge in [0.05, 0.1) is 6.61 Å². The SMILES string of the molecule is CCC/C=C\C/C=C\CCCCCCCCOCC(COC(=O)CCCCCCCCCCCCCCCCCCC)OC(=O)CCCCCCC/C=C\CCCCCCCC. The molecule has 0 saturated heterocycles. The molecule has 0 amide bonds. The number of rotatable bonds is 51. The zero-order chi connectivity index (χ0) is 44.9. The predicted molar refractivity (Wildman–Crippen MR) is 270 cm³/mol. The molecule has 1 unspecified atom stereocenters. The quantitative estimate of drug-likeness (QED) is 0.0346. The molecule has 0 rings (SSSR count). The Morgan fingerprint density at radius 1 is 0.355 bits per heavy atom. The lowest BCUT2D eigenvalue weighted by molar-refractivity contribution is -0.163. The van der Waals surface area contributed by atoms with Crippen molar-refractivity contribution in [2.24, 2.45) is 0 Å². The van der Waals surface area contributed by atoms with Crippen molar-refractivity contribution in [3.8, 4) is 0 Å². The highest BCUT2D eigenvalue weighted by molar-refractivity contribution is 5.70. The molecule has 0 aliphatic rings. The predicted octanol–water partition coefficient (Wildman–Crippen LogP) is 18.6. The summed E-state index contributed by atoms with van der Waals surface area (Å²) in [6, 6.07) is 0. The topological polar surface area (TPSA) is 61.8 Å². The molecule has 0 heterocycles. The Bertz CT molecular complexity index is 986. The van der Waals surface area contributed by atoms with Gasteiger partial charge in [0, 0.05) is 19.4 Å². The minimum atomic E-state index is -0.541. The van der Waals surface area contributed by atoms with Crippen LogP contribution in [0.4, 0.5) is 0 Å². The number of esters is 2. The summed E-state index contributed by atoms with van der Waals surface area (Å²) in [5, 5.41) is 0. The van der Waals surface area contributed by atoms with Gasteiger partial charge < -0.3 is 14.2 Å². The van der Waals surface area contributed by atoms with Gasteiger partial charge in [-0.25, -0.2) is 0 Å². The molecule has 5 nitrogen and oxygen atoms in total. The van der Waals surface area contributed by atoms with E-state index in [-0.39, 0.29) is 25.2 Å². The van der Waals surface area contributed by atoms with Crippen molar-refractivity contribution in [1.82, 2.24) is 0 Å². The van der Waals surface area contributed by atoms with Gasteiger partial charge in [-0.1, -0.05) is 243 Å². The van der Waals surface area contributed by atoms with Crippen LogP contribution in [0.5, 0.6) is 0 Å². The lowest BCUT2D eigenvalue weighted by Crippen LogP contribution is -2.30. The number of allylic oxidation sites excluding steroid dienone is 6. The van der Waals surface area contributed by atoms with E-state index in [1.165, 1.54) is 199 Å². The van der Waals surface area contributed by atoms with Gasteiger partial charge in [-0.15, -0.1) is 0 Å². The molecule has 1 atom stereocenters. The van der Waals surface area contributed by atoms with Gasteiger partial charge in [-0.2, -0.15) is 0 Å². The Morgan fingerprint density at radius 3 is 1.15 bits per heavy atom. The van der Waals surface area contributed by atoms with Crippen LogP contribution in [0, 0.1) is 0 Å². The van der Waals surface area contributed by atoms with E-state index in [9.17, 15) is 9.59 Å². The summed E-state index contributed by atoms with van der Waals surface area (Å²) in [5.41, 5.74) is 0.